The van der Waals surface area contributed by atoms with Gasteiger partial charge in [-0.25, -0.2) is 15.0 Å². The Morgan fingerprint density at radius 3 is 2.83 bits per heavy atom. The quantitative estimate of drug-likeness (QED) is 0.718. The van der Waals surface area contributed by atoms with Gasteiger partial charge in [0.1, 0.15) is 5.75 Å². The molecule has 0 aliphatic rings. The monoisotopic (exact) mass is 338 g/mol. The minimum absolute atomic E-state index is 0.242. The molecule has 2 heterocycles. The van der Waals surface area contributed by atoms with E-state index in [-0.39, 0.29) is 11.9 Å². The van der Waals surface area contributed by atoms with Crippen LogP contribution in [0.5, 0.6) is 11.8 Å². The highest BCUT2D eigenvalue weighted by Gasteiger charge is 2.03. The molecule has 0 saturated carbocycles. The highest BCUT2D eigenvalue weighted by Crippen LogP contribution is 2.21. The number of hydrogen-bond donors (Lipinski definition) is 1. The van der Waals surface area contributed by atoms with Gasteiger partial charge in [-0.05, 0) is 31.2 Å². The van der Waals surface area contributed by atoms with Gasteiger partial charge in [0.05, 0.1) is 10.7 Å². The van der Waals surface area contributed by atoms with Crippen LogP contribution in [0.15, 0.2) is 54.2 Å². The summed E-state index contributed by atoms with van der Waals surface area (Å²) in [7, 11) is 0. The van der Waals surface area contributed by atoms with E-state index in [9.17, 15) is 4.79 Å². The van der Waals surface area contributed by atoms with Crippen molar-refractivity contribution in [3.8, 4) is 11.8 Å². The van der Waals surface area contributed by atoms with E-state index >= 15 is 0 Å². The third-order valence-electron chi connectivity index (χ3n) is 2.90. The van der Waals surface area contributed by atoms with E-state index in [1.807, 2.05) is 12.3 Å². The number of amides is 1. The maximum absolute atomic E-state index is 12.0. The summed E-state index contributed by atoms with van der Waals surface area (Å²) in [6, 6.07) is 8.98. The summed E-state index contributed by atoms with van der Waals surface area (Å²) in [5.74, 6) is 0.298. The fraction of sp³-hybridized carbons (Fsp3) is 0.0588. The Bertz CT molecular complexity index is 862. The average Bonchev–Trinajstić information content (AvgIpc) is 3.00. The van der Waals surface area contributed by atoms with Gasteiger partial charge in [-0.2, -0.15) is 0 Å². The Hall–Kier alpha value is -3.06. The highest BCUT2D eigenvalue weighted by atomic mass is 32.1. The molecule has 0 aliphatic carbocycles. The van der Waals surface area contributed by atoms with Gasteiger partial charge in [0.15, 0.2) is 0 Å². The molecule has 0 aliphatic heterocycles. The lowest BCUT2D eigenvalue weighted by molar-refractivity contribution is -0.111. The molecule has 3 aromatic rings. The summed E-state index contributed by atoms with van der Waals surface area (Å²) in [5.41, 5.74) is 1.39. The van der Waals surface area contributed by atoms with Gasteiger partial charge < -0.3 is 10.1 Å². The van der Waals surface area contributed by atoms with E-state index < -0.39 is 0 Å². The summed E-state index contributed by atoms with van der Waals surface area (Å²) < 4.78 is 5.53. The van der Waals surface area contributed by atoms with E-state index in [0.29, 0.717) is 11.4 Å². The lowest BCUT2D eigenvalue weighted by Gasteiger charge is -2.06. The van der Waals surface area contributed by atoms with Crippen LogP contribution in [0.4, 0.5) is 5.69 Å². The summed E-state index contributed by atoms with van der Waals surface area (Å²) in [5, 5.41) is 5.63. The number of thiazole rings is 1. The van der Waals surface area contributed by atoms with Gasteiger partial charge in [0.2, 0.25) is 5.91 Å². The normalized spacial score (nSPS) is 10.7. The van der Waals surface area contributed by atoms with Gasteiger partial charge in [0.25, 0.3) is 0 Å². The van der Waals surface area contributed by atoms with Gasteiger partial charge in [-0.15, -0.1) is 11.3 Å². The van der Waals surface area contributed by atoms with Crippen LogP contribution in [0, 0.1) is 6.92 Å². The number of benzene rings is 1. The number of carbonyl (C=O) groups excluding carboxylic acids is 1. The minimum Gasteiger partial charge on any atom is -0.424 e. The molecular formula is C17H14N4O2S. The van der Waals surface area contributed by atoms with Crippen LogP contribution < -0.4 is 10.1 Å². The van der Waals surface area contributed by atoms with Crippen LogP contribution in [0.2, 0.25) is 0 Å². The predicted octanol–water partition coefficient (Wildman–Crippen LogP) is 3.69. The molecule has 0 bridgehead atoms. The lowest BCUT2D eigenvalue weighted by atomic mass is 10.3. The Kier molecular flexibility index (Phi) is 4.93. The van der Waals surface area contributed by atoms with E-state index in [2.05, 4.69) is 20.3 Å². The molecule has 1 N–H and O–H groups in total. The number of hydrogen-bond acceptors (Lipinski definition) is 6. The van der Waals surface area contributed by atoms with Crippen molar-refractivity contribution in [1.29, 1.82) is 0 Å². The molecule has 0 atom stereocenters. The lowest BCUT2D eigenvalue weighted by Crippen LogP contribution is -2.07. The number of rotatable bonds is 5. The zero-order valence-electron chi connectivity index (χ0n) is 12.8. The van der Waals surface area contributed by atoms with Crippen molar-refractivity contribution < 1.29 is 9.53 Å². The Balaban J connectivity index is 1.63. The van der Waals surface area contributed by atoms with Gasteiger partial charge in [-0.3, -0.25) is 4.79 Å². The van der Waals surface area contributed by atoms with Crippen molar-refractivity contribution in [3.63, 3.8) is 0 Å². The number of anilines is 1. The first kappa shape index (κ1) is 15.8. The number of nitrogens with one attached hydrogen (secondary N) is 1. The highest BCUT2D eigenvalue weighted by molar-refractivity contribution is 7.09. The van der Waals surface area contributed by atoms with Crippen LogP contribution >= 0.6 is 11.3 Å². The van der Waals surface area contributed by atoms with Crippen LogP contribution in [0.3, 0.4) is 0 Å². The van der Waals surface area contributed by atoms with E-state index in [4.69, 9.17) is 4.74 Å². The first-order valence-corrected chi connectivity index (χ1v) is 8.03. The van der Waals surface area contributed by atoms with Crippen molar-refractivity contribution in [2.24, 2.45) is 0 Å². The summed E-state index contributed by atoms with van der Waals surface area (Å²) in [4.78, 5) is 24.2. The molecule has 24 heavy (non-hydrogen) atoms. The number of nitrogens with zero attached hydrogens (tertiary/aromatic N) is 3. The fourth-order valence-electron chi connectivity index (χ4n) is 1.88. The average molecular weight is 338 g/mol. The maximum Gasteiger partial charge on any atom is 0.321 e. The van der Waals surface area contributed by atoms with Gasteiger partial charge in [0, 0.05) is 35.6 Å². The second kappa shape index (κ2) is 7.47. The number of aryl methyl sites for hydroxylation is 1. The summed E-state index contributed by atoms with van der Waals surface area (Å²) >= 11 is 1.54. The second-order valence-electron chi connectivity index (χ2n) is 4.78. The fourth-order valence-corrected chi connectivity index (χ4v) is 2.46. The van der Waals surface area contributed by atoms with Gasteiger partial charge in [-0.1, -0.05) is 6.07 Å². The molecule has 0 spiro atoms. The van der Waals surface area contributed by atoms with Crippen molar-refractivity contribution in [3.05, 3.63) is 64.9 Å². The molecule has 0 unspecified atom stereocenters. The number of aromatic nitrogens is 3. The smallest absolute Gasteiger partial charge is 0.321 e. The third-order valence-corrected chi connectivity index (χ3v) is 3.69. The van der Waals surface area contributed by atoms with E-state index in [1.165, 1.54) is 6.08 Å². The largest absolute Gasteiger partial charge is 0.424 e. The maximum atomic E-state index is 12.0. The van der Waals surface area contributed by atoms with Crippen molar-refractivity contribution in [2.45, 2.75) is 6.92 Å². The molecule has 0 fully saturated rings. The standard InChI is InChI=1S/C17H14N4O2S/c1-12-20-14(11-24-12)6-7-16(22)21-13-4-2-5-15(10-13)23-17-18-8-3-9-19-17/h2-11H,1H3,(H,21,22). The zero-order valence-corrected chi connectivity index (χ0v) is 13.7. The van der Waals surface area contributed by atoms with E-state index in [1.54, 1.807) is 60.1 Å². The third kappa shape index (κ3) is 4.47. The zero-order chi connectivity index (χ0) is 16.8. The summed E-state index contributed by atoms with van der Waals surface area (Å²) in [6.45, 7) is 1.92. The summed E-state index contributed by atoms with van der Waals surface area (Å²) in [6.07, 6.45) is 6.32. The molecule has 6 nitrogen and oxygen atoms in total. The first-order valence-electron chi connectivity index (χ1n) is 7.15. The van der Waals surface area contributed by atoms with Gasteiger partial charge >= 0.3 is 6.01 Å². The SMILES string of the molecule is Cc1nc(C=CC(=O)Nc2cccc(Oc3ncccn3)c2)cs1. The molecule has 7 heteroatoms. The number of carbonyl (C=O) groups is 1. The Morgan fingerprint density at radius 2 is 2.08 bits per heavy atom. The Morgan fingerprint density at radius 1 is 1.25 bits per heavy atom. The second-order valence-corrected chi connectivity index (χ2v) is 5.84. The minimum atomic E-state index is -0.242. The topological polar surface area (TPSA) is 77.0 Å². The molecule has 1 amide bonds. The Labute approximate surface area is 142 Å². The molecule has 2 aromatic heterocycles. The molecule has 120 valence electrons. The van der Waals surface area contributed by atoms with Crippen LogP contribution in [0.25, 0.3) is 6.08 Å². The molecule has 0 radical (unpaired) electrons. The van der Waals surface area contributed by atoms with Crippen molar-refractivity contribution in [1.82, 2.24) is 15.0 Å². The molecule has 0 saturated heterocycles. The molecule has 1 aromatic carbocycles. The molecule has 3 rings (SSSR count). The van der Waals surface area contributed by atoms with Crippen molar-refractivity contribution >= 4 is 29.0 Å². The first-order chi connectivity index (χ1) is 11.7. The van der Waals surface area contributed by atoms with Crippen LogP contribution in [0.1, 0.15) is 10.7 Å². The van der Waals surface area contributed by atoms with Crippen LogP contribution in [-0.2, 0) is 4.79 Å². The van der Waals surface area contributed by atoms with Crippen molar-refractivity contribution in [2.75, 3.05) is 5.32 Å². The van der Waals surface area contributed by atoms with E-state index in [0.717, 1.165) is 10.7 Å². The predicted molar refractivity (Wildman–Crippen MR) is 93.1 cm³/mol. The number of ether oxygens (including phenoxy) is 1. The molecular weight excluding hydrogens is 324 g/mol. The van der Waals surface area contributed by atoms with Crippen LogP contribution in [-0.4, -0.2) is 20.9 Å².